The lowest BCUT2D eigenvalue weighted by Crippen LogP contribution is -3.00. The van der Waals surface area contributed by atoms with E-state index in [2.05, 4.69) is 47.4 Å². The normalized spacial score (nSPS) is 9.76. The fourth-order valence-electron chi connectivity index (χ4n) is 2.29. The molecule has 106 valence electrons. The van der Waals surface area contributed by atoms with Crippen molar-refractivity contribution in [3.63, 3.8) is 0 Å². The number of hydrogen-bond acceptors (Lipinski definition) is 1. The Kier molecular flexibility index (Phi) is 4.99. The van der Waals surface area contributed by atoms with Crippen LogP contribution in [0.2, 0.25) is 0 Å². The predicted octanol–water partition coefficient (Wildman–Crippen LogP) is 0.975. The molecular formula is C18H17ClN2. The molecule has 2 nitrogen and oxygen atoms in total. The first-order valence-corrected chi connectivity index (χ1v) is 6.67. The fourth-order valence-corrected chi connectivity index (χ4v) is 2.29. The summed E-state index contributed by atoms with van der Waals surface area (Å²) in [6.45, 7) is 0. The zero-order valence-corrected chi connectivity index (χ0v) is 12.3. The van der Waals surface area contributed by atoms with Crippen LogP contribution in [0.3, 0.4) is 0 Å². The highest BCUT2D eigenvalue weighted by Gasteiger charge is 2.09. The van der Waals surface area contributed by atoms with Crippen LogP contribution in [-0.2, 0) is 0 Å². The summed E-state index contributed by atoms with van der Waals surface area (Å²) in [5, 5.41) is 3.47. The first-order chi connectivity index (χ1) is 9.84. The number of benzene rings is 3. The van der Waals surface area contributed by atoms with Crippen LogP contribution in [-0.4, -0.2) is 0 Å². The monoisotopic (exact) mass is 296 g/mol. The minimum Gasteiger partial charge on any atom is -1.00 e. The molecule has 3 aromatic rings. The van der Waals surface area contributed by atoms with Crippen LogP contribution in [0.4, 0.5) is 17.1 Å². The van der Waals surface area contributed by atoms with Crippen molar-refractivity contribution >= 4 is 17.1 Å². The maximum atomic E-state index is 4.12. The summed E-state index contributed by atoms with van der Waals surface area (Å²) in [5.74, 6) is 0. The molecule has 0 aliphatic carbocycles. The highest BCUT2D eigenvalue weighted by atomic mass is 35.5. The number of para-hydroxylation sites is 2. The van der Waals surface area contributed by atoms with Crippen LogP contribution in [0.15, 0.2) is 78.9 Å². The van der Waals surface area contributed by atoms with Crippen molar-refractivity contribution < 1.29 is 18.1 Å². The number of halogens is 1. The summed E-state index contributed by atoms with van der Waals surface area (Å²) in [4.78, 5) is 0. The average Bonchev–Trinajstić information content (AvgIpc) is 2.50. The van der Waals surface area contributed by atoms with Gasteiger partial charge in [-0.1, -0.05) is 48.5 Å². The van der Waals surface area contributed by atoms with E-state index in [1.54, 1.807) is 0 Å². The second kappa shape index (κ2) is 6.93. The number of nitrogens with one attached hydrogen (secondary N) is 1. The smallest absolute Gasteiger partial charge is 0.135 e. The Hall–Kier alpha value is -2.29. The summed E-state index contributed by atoms with van der Waals surface area (Å²) in [5.41, 5.74) is 9.66. The molecule has 3 aromatic carbocycles. The van der Waals surface area contributed by atoms with Gasteiger partial charge in [-0.05, 0) is 30.3 Å². The third-order valence-electron chi connectivity index (χ3n) is 3.29. The largest absolute Gasteiger partial charge is 1.00 e. The highest BCUT2D eigenvalue weighted by Crippen LogP contribution is 2.32. The van der Waals surface area contributed by atoms with Gasteiger partial charge in [0.15, 0.2) is 0 Å². The van der Waals surface area contributed by atoms with Gasteiger partial charge in [-0.15, -0.1) is 0 Å². The van der Waals surface area contributed by atoms with Crippen molar-refractivity contribution in [3.05, 3.63) is 78.9 Å². The molecule has 0 spiro atoms. The Balaban J connectivity index is 0.00000161. The molecule has 3 heteroatoms. The van der Waals surface area contributed by atoms with E-state index < -0.39 is 0 Å². The fraction of sp³-hybridized carbons (Fsp3) is 0. The van der Waals surface area contributed by atoms with E-state index in [1.165, 1.54) is 5.56 Å². The topological polar surface area (TPSA) is 39.7 Å². The maximum absolute atomic E-state index is 4.12. The van der Waals surface area contributed by atoms with Gasteiger partial charge in [0.1, 0.15) is 5.69 Å². The molecule has 0 fully saturated rings. The van der Waals surface area contributed by atoms with E-state index in [4.69, 9.17) is 0 Å². The van der Waals surface area contributed by atoms with Gasteiger partial charge in [0.2, 0.25) is 0 Å². The molecule has 0 saturated carbocycles. The number of hydrogen-bond donors (Lipinski definition) is 2. The Morgan fingerprint density at radius 1 is 0.619 bits per heavy atom. The molecule has 0 radical (unpaired) electrons. The lowest BCUT2D eigenvalue weighted by atomic mass is 10.0. The van der Waals surface area contributed by atoms with Gasteiger partial charge in [0.25, 0.3) is 0 Å². The Bertz CT molecular complexity index is 711. The Labute approximate surface area is 131 Å². The van der Waals surface area contributed by atoms with E-state index in [9.17, 15) is 0 Å². The van der Waals surface area contributed by atoms with E-state index >= 15 is 0 Å². The van der Waals surface area contributed by atoms with Crippen LogP contribution < -0.4 is 23.5 Å². The molecule has 4 N–H and O–H groups in total. The molecule has 21 heavy (non-hydrogen) atoms. The summed E-state index contributed by atoms with van der Waals surface area (Å²) in [6, 6.07) is 26.7. The molecule has 0 heterocycles. The SMILES string of the molecule is [Cl-].[NH3+]c1ccccc1-c1ccccc1Nc1ccccc1. The van der Waals surface area contributed by atoms with Gasteiger partial charge in [-0.25, -0.2) is 0 Å². The van der Waals surface area contributed by atoms with Crippen LogP contribution in [0.5, 0.6) is 0 Å². The third-order valence-corrected chi connectivity index (χ3v) is 3.29. The third kappa shape index (κ3) is 3.43. The Morgan fingerprint density at radius 2 is 1.19 bits per heavy atom. The van der Waals surface area contributed by atoms with Crippen LogP contribution in [0.25, 0.3) is 11.1 Å². The first-order valence-electron chi connectivity index (χ1n) is 6.67. The van der Waals surface area contributed by atoms with E-state index in [0.29, 0.717) is 0 Å². The number of quaternary nitrogens is 1. The summed E-state index contributed by atoms with van der Waals surface area (Å²) < 4.78 is 0. The molecule has 0 bridgehead atoms. The summed E-state index contributed by atoms with van der Waals surface area (Å²) in [7, 11) is 0. The maximum Gasteiger partial charge on any atom is 0.135 e. The lowest BCUT2D eigenvalue weighted by Gasteiger charge is -2.12. The van der Waals surface area contributed by atoms with Crippen LogP contribution in [0.1, 0.15) is 0 Å². The predicted molar refractivity (Wildman–Crippen MR) is 84.2 cm³/mol. The molecule has 0 saturated heterocycles. The van der Waals surface area contributed by atoms with Gasteiger partial charge in [0.05, 0.1) is 0 Å². The van der Waals surface area contributed by atoms with Gasteiger partial charge >= 0.3 is 0 Å². The van der Waals surface area contributed by atoms with Crippen LogP contribution >= 0.6 is 0 Å². The molecule has 0 aliphatic heterocycles. The quantitative estimate of drug-likeness (QED) is 0.743. The molecular weight excluding hydrogens is 280 g/mol. The molecule has 0 atom stereocenters. The summed E-state index contributed by atoms with van der Waals surface area (Å²) >= 11 is 0. The zero-order chi connectivity index (χ0) is 13.8. The van der Waals surface area contributed by atoms with E-state index in [-0.39, 0.29) is 12.4 Å². The van der Waals surface area contributed by atoms with Crippen molar-refractivity contribution in [2.75, 3.05) is 5.32 Å². The second-order valence-corrected chi connectivity index (χ2v) is 4.69. The van der Waals surface area contributed by atoms with Gasteiger partial charge < -0.3 is 23.5 Å². The lowest BCUT2D eigenvalue weighted by molar-refractivity contribution is -0.253. The number of anilines is 2. The van der Waals surface area contributed by atoms with Crippen molar-refractivity contribution in [3.8, 4) is 11.1 Å². The van der Waals surface area contributed by atoms with Gasteiger partial charge in [0, 0.05) is 22.5 Å². The van der Waals surface area contributed by atoms with Crippen molar-refractivity contribution in [1.29, 1.82) is 0 Å². The molecule has 0 aliphatic rings. The van der Waals surface area contributed by atoms with Gasteiger partial charge in [-0.2, -0.15) is 0 Å². The van der Waals surface area contributed by atoms with E-state index in [0.717, 1.165) is 22.6 Å². The molecule has 3 rings (SSSR count). The van der Waals surface area contributed by atoms with Crippen molar-refractivity contribution in [2.45, 2.75) is 0 Å². The van der Waals surface area contributed by atoms with Crippen LogP contribution in [0, 0.1) is 0 Å². The summed E-state index contributed by atoms with van der Waals surface area (Å²) in [6.07, 6.45) is 0. The van der Waals surface area contributed by atoms with Gasteiger partial charge in [-0.3, -0.25) is 0 Å². The average molecular weight is 297 g/mol. The molecule has 0 unspecified atom stereocenters. The van der Waals surface area contributed by atoms with Crippen molar-refractivity contribution in [2.24, 2.45) is 0 Å². The zero-order valence-electron chi connectivity index (χ0n) is 11.6. The first kappa shape index (κ1) is 15.1. The Morgan fingerprint density at radius 3 is 1.90 bits per heavy atom. The highest BCUT2D eigenvalue weighted by molar-refractivity contribution is 5.85. The van der Waals surface area contributed by atoms with Crippen molar-refractivity contribution in [1.82, 2.24) is 0 Å². The second-order valence-electron chi connectivity index (χ2n) is 4.69. The van der Waals surface area contributed by atoms with E-state index in [1.807, 2.05) is 42.5 Å². The minimum atomic E-state index is 0. The number of rotatable bonds is 3. The minimum absolute atomic E-state index is 0. The molecule has 0 aromatic heterocycles. The standard InChI is InChI=1S/C18H16N2.ClH/c19-17-12-6-4-10-15(17)16-11-5-7-13-18(16)20-14-8-2-1-3-9-14;/h1-13,20H,19H2;1H. The molecule has 0 amide bonds.